The number of carbonyl (C=O) groups is 1. The first kappa shape index (κ1) is 13.0. The minimum absolute atomic E-state index is 0.0989. The maximum absolute atomic E-state index is 12.3. The number of aryl methyl sites for hydroxylation is 1. The lowest BCUT2D eigenvalue weighted by Gasteiger charge is -2.31. The smallest absolute Gasteiger partial charge is 0.322 e. The lowest BCUT2D eigenvalue weighted by molar-refractivity contribution is -0.142. The molecule has 0 spiro atoms. The Labute approximate surface area is 105 Å². The summed E-state index contributed by atoms with van der Waals surface area (Å²) < 4.78 is 27.2. The quantitative estimate of drug-likeness (QED) is 0.840. The first-order valence-corrected chi connectivity index (χ1v) is 7.09. The van der Waals surface area contributed by atoms with Crippen LogP contribution >= 0.6 is 0 Å². The van der Waals surface area contributed by atoms with Crippen LogP contribution in [0.5, 0.6) is 0 Å². The number of nitrogens with zero attached hydrogens (tertiary/aromatic N) is 3. The van der Waals surface area contributed by atoms with Crippen molar-refractivity contribution in [3.8, 4) is 0 Å². The fourth-order valence-corrected chi connectivity index (χ4v) is 3.70. The third kappa shape index (κ3) is 2.25. The SMILES string of the molecule is Cn1cnc(S(=O)(=O)N2CCCCC2C(=O)O)c1. The van der Waals surface area contributed by atoms with Crippen LogP contribution in [0.3, 0.4) is 0 Å². The zero-order valence-electron chi connectivity index (χ0n) is 9.98. The average molecular weight is 273 g/mol. The zero-order valence-corrected chi connectivity index (χ0v) is 10.8. The summed E-state index contributed by atoms with van der Waals surface area (Å²) in [5, 5.41) is 8.99. The van der Waals surface area contributed by atoms with Crippen molar-refractivity contribution in [1.82, 2.24) is 13.9 Å². The summed E-state index contributed by atoms with van der Waals surface area (Å²) in [5.74, 6) is -1.10. The van der Waals surface area contributed by atoms with Crippen LogP contribution in [0.1, 0.15) is 19.3 Å². The Morgan fingerprint density at radius 2 is 2.22 bits per heavy atom. The van der Waals surface area contributed by atoms with Gasteiger partial charge in [-0.25, -0.2) is 13.4 Å². The van der Waals surface area contributed by atoms with Crippen molar-refractivity contribution >= 4 is 16.0 Å². The van der Waals surface area contributed by atoms with Crippen molar-refractivity contribution in [1.29, 1.82) is 0 Å². The number of imidazole rings is 1. The molecule has 1 aromatic heterocycles. The maximum atomic E-state index is 12.3. The molecule has 0 saturated carbocycles. The topological polar surface area (TPSA) is 92.5 Å². The molecule has 1 aromatic rings. The summed E-state index contributed by atoms with van der Waals surface area (Å²) in [6, 6.07) is -0.981. The highest BCUT2D eigenvalue weighted by Crippen LogP contribution is 2.24. The van der Waals surface area contributed by atoms with Crippen LogP contribution in [0.4, 0.5) is 0 Å². The van der Waals surface area contributed by atoms with Crippen LogP contribution in [0.15, 0.2) is 17.6 Å². The van der Waals surface area contributed by atoms with Crippen LogP contribution in [0, 0.1) is 0 Å². The molecule has 0 aliphatic carbocycles. The fourth-order valence-electron chi connectivity index (χ4n) is 2.08. The Hall–Kier alpha value is -1.41. The number of hydrogen-bond donors (Lipinski definition) is 1. The van der Waals surface area contributed by atoms with Gasteiger partial charge in [0.15, 0.2) is 5.03 Å². The number of carboxylic acids is 1. The largest absolute Gasteiger partial charge is 0.480 e. The van der Waals surface area contributed by atoms with Gasteiger partial charge in [0.2, 0.25) is 0 Å². The van der Waals surface area contributed by atoms with Gasteiger partial charge >= 0.3 is 5.97 Å². The van der Waals surface area contributed by atoms with Gasteiger partial charge in [0.25, 0.3) is 10.0 Å². The Morgan fingerprint density at radius 1 is 1.50 bits per heavy atom. The van der Waals surface area contributed by atoms with E-state index in [-0.39, 0.29) is 11.6 Å². The predicted octanol–water partition coefficient (Wildman–Crippen LogP) is 0.0479. The molecule has 18 heavy (non-hydrogen) atoms. The summed E-state index contributed by atoms with van der Waals surface area (Å²) in [6.45, 7) is 0.232. The molecule has 2 heterocycles. The van der Waals surface area contributed by atoms with Gasteiger partial charge in [-0.2, -0.15) is 4.31 Å². The van der Waals surface area contributed by atoms with Crippen molar-refractivity contribution < 1.29 is 18.3 Å². The minimum atomic E-state index is -3.81. The normalized spacial score (nSPS) is 21.9. The Morgan fingerprint density at radius 3 is 2.78 bits per heavy atom. The van der Waals surface area contributed by atoms with Crippen LogP contribution in [0.25, 0.3) is 0 Å². The first-order chi connectivity index (χ1) is 8.43. The number of piperidine rings is 1. The van der Waals surface area contributed by atoms with Gasteiger partial charge in [-0.05, 0) is 19.3 Å². The molecule has 7 nitrogen and oxygen atoms in total. The minimum Gasteiger partial charge on any atom is -0.480 e. The van der Waals surface area contributed by atoms with E-state index in [1.807, 2.05) is 0 Å². The number of sulfonamides is 1. The van der Waals surface area contributed by atoms with Gasteiger partial charge < -0.3 is 9.67 Å². The van der Waals surface area contributed by atoms with Gasteiger partial charge in [-0.3, -0.25) is 4.79 Å². The van der Waals surface area contributed by atoms with Crippen LogP contribution in [-0.2, 0) is 21.9 Å². The van der Waals surface area contributed by atoms with E-state index in [0.29, 0.717) is 12.8 Å². The molecule has 0 radical (unpaired) electrons. The van der Waals surface area contributed by atoms with Crippen molar-refractivity contribution in [2.75, 3.05) is 6.54 Å². The highest BCUT2D eigenvalue weighted by molar-refractivity contribution is 7.89. The zero-order chi connectivity index (χ0) is 13.3. The third-order valence-corrected chi connectivity index (χ3v) is 4.79. The number of aliphatic carboxylic acids is 1. The van der Waals surface area contributed by atoms with E-state index in [1.54, 1.807) is 7.05 Å². The molecule has 1 fully saturated rings. The van der Waals surface area contributed by atoms with Gasteiger partial charge in [0.05, 0.1) is 6.33 Å². The van der Waals surface area contributed by atoms with Crippen LogP contribution < -0.4 is 0 Å². The maximum Gasteiger partial charge on any atom is 0.322 e. The first-order valence-electron chi connectivity index (χ1n) is 5.65. The molecule has 1 saturated heterocycles. The van der Waals surface area contributed by atoms with Crippen molar-refractivity contribution in [2.45, 2.75) is 30.3 Å². The van der Waals surface area contributed by atoms with E-state index in [4.69, 9.17) is 5.11 Å². The summed E-state index contributed by atoms with van der Waals surface area (Å²) in [5.41, 5.74) is 0. The molecular weight excluding hydrogens is 258 g/mol. The van der Waals surface area contributed by atoms with Crippen molar-refractivity contribution in [2.24, 2.45) is 7.05 Å². The summed E-state index contributed by atoms with van der Waals surface area (Å²) in [7, 11) is -2.15. The Balaban J connectivity index is 2.36. The number of rotatable bonds is 3. The number of aromatic nitrogens is 2. The highest BCUT2D eigenvalue weighted by atomic mass is 32.2. The van der Waals surface area contributed by atoms with E-state index in [0.717, 1.165) is 10.7 Å². The van der Waals surface area contributed by atoms with Crippen LogP contribution in [-0.4, -0.2) is 45.9 Å². The second-order valence-corrected chi connectivity index (χ2v) is 6.18. The van der Waals surface area contributed by atoms with E-state index in [2.05, 4.69) is 4.98 Å². The average Bonchev–Trinajstić information content (AvgIpc) is 2.76. The van der Waals surface area contributed by atoms with E-state index in [9.17, 15) is 13.2 Å². The second kappa shape index (κ2) is 4.69. The molecule has 1 aliphatic heterocycles. The summed E-state index contributed by atoms with van der Waals surface area (Å²) in [4.78, 5) is 14.9. The number of carboxylic acid groups (broad SMARTS) is 1. The number of hydrogen-bond acceptors (Lipinski definition) is 4. The Bertz CT molecular complexity index is 551. The Kier molecular flexibility index (Phi) is 3.40. The molecule has 2 rings (SSSR count). The third-order valence-electron chi connectivity index (χ3n) is 2.99. The molecular formula is C10H15N3O4S. The summed E-state index contributed by atoms with van der Waals surface area (Å²) >= 11 is 0. The van der Waals surface area contributed by atoms with Crippen molar-refractivity contribution in [3.63, 3.8) is 0 Å². The predicted molar refractivity (Wildman–Crippen MR) is 62.4 cm³/mol. The molecule has 1 N–H and O–H groups in total. The molecule has 1 unspecified atom stereocenters. The molecule has 8 heteroatoms. The fraction of sp³-hybridized carbons (Fsp3) is 0.600. The van der Waals surface area contributed by atoms with Gasteiger partial charge in [-0.1, -0.05) is 0 Å². The molecule has 0 amide bonds. The lowest BCUT2D eigenvalue weighted by Crippen LogP contribution is -2.47. The van der Waals surface area contributed by atoms with E-state index < -0.39 is 22.0 Å². The second-order valence-electron chi connectivity index (χ2n) is 4.34. The summed E-state index contributed by atoms with van der Waals surface area (Å²) in [6.07, 6.45) is 4.51. The molecule has 0 bridgehead atoms. The monoisotopic (exact) mass is 273 g/mol. The van der Waals surface area contributed by atoms with E-state index in [1.165, 1.54) is 17.1 Å². The van der Waals surface area contributed by atoms with Gasteiger partial charge in [0, 0.05) is 19.8 Å². The molecule has 1 aliphatic rings. The van der Waals surface area contributed by atoms with Crippen LogP contribution in [0.2, 0.25) is 0 Å². The molecule has 0 aromatic carbocycles. The van der Waals surface area contributed by atoms with E-state index >= 15 is 0 Å². The molecule has 1 atom stereocenters. The standard InChI is InChI=1S/C10H15N3O4S/c1-12-6-9(11-7-12)18(16,17)13-5-3-2-4-8(13)10(14)15/h6-8H,2-5H2,1H3,(H,14,15). The van der Waals surface area contributed by atoms with Gasteiger partial charge in [-0.15, -0.1) is 0 Å². The molecule has 100 valence electrons. The highest BCUT2D eigenvalue weighted by Gasteiger charge is 2.38. The van der Waals surface area contributed by atoms with Crippen molar-refractivity contribution in [3.05, 3.63) is 12.5 Å². The lowest BCUT2D eigenvalue weighted by atomic mass is 10.1. The van der Waals surface area contributed by atoms with Gasteiger partial charge in [0.1, 0.15) is 6.04 Å².